The summed E-state index contributed by atoms with van der Waals surface area (Å²) in [5, 5.41) is 0. The number of fused-ring (bicyclic) bond motifs is 12. The lowest BCUT2D eigenvalue weighted by Crippen LogP contribution is -2.34. The van der Waals surface area contributed by atoms with Crippen molar-refractivity contribution >= 4 is 17.1 Å². The van der Waals surface area contributed by atoms with Crippen molar-refractivity contribution in [3.8, 4) is 33.4 Å². The molecule has 0 N–H and O–H groups in total. The molecule has 0 heterocycles. The van der Waals surface area contributed by atoms with Crippen molar-refractivity contribution in [3.05, 3.63) is 268 Å². The SMILES string of the molecule is CC1(c2ccccc2-c2ccc(N(c3ccccc3)c3ccc4c(c3)C3(c5ccccc5C4)c4ccccc4-c4ccccc43)cc2)c2ccccc2-c2ccccc21. The fourth-order valence-electron chi connectivity index (χ4n) is 11.1. The Hall–Kier alpha value is -7.22. The number of nitrogens with zero attached hydrogens (tertiary/aromatic N) is 1. The van der Waals surface area contributed by atoms with Crippen molar-refractivity contribution in [2.24, 2.45) is 0 Å². The lowest BCUT2D eigenvalue weighted by molar-refractivity contribution is 0.716. The molecule has 3 aliphatic carbocycles. The van der Waals surface area contributed by atoms with Crippen LogP contribution in [-0.2, 0) is 17.3 Å². The average Bonchev–Trinajstić information content (AvgIpc) is 3.75. The van der Waals surface area contributed by atoms with Gasteiger partial charge in [-0.1, -0.05) is 182 Å². The first-order valence-corrected chi connectivity index (χ1v) is 20.8. The number of hydrogen-bond acceptors (Lipinski definition) is 1. The summed E-state index contributed by atoms with van der Waals surface area (Å²) in [4.78, 5) is 2.43. The van der Waals surface area contributed by atoms with Crippen LogP contribution < -0.4 is 4.90 Å². The van der Waals surface area contributed by atoms with E-state index in [1.54, 1.807) is 0 Å². The molecule has 12 rings (SSSR count). The minimum Gasteiger partial charge on any atom is -0.310 e. The molecule has 0 atom stereocenters. The summed E-state index contributed by atoms with van der Waals surface area (Å²) >= 11 is 0. The van der Waals surface area contributed by atoms with Gasteiger partial charge in [-0.2, -0.15) is 0 Å². The predicted molar refractivity (Wildman–Crippen MR) is 244 cm³/mol. The Morgan fingerprint density at radius 1 is 0.322 bits per heavy atom. The van der Waals surface area contributed by atoms with Gasteiger partial charge < -0.3 is 4.90 Å². The Morgan fingerprint density at radius 2 is 0.729 bits per heavy atom. The van der Waals surface area contributed by atoms with Crippen LogP contribution in [0.5, 0.6) is 0 Å². The molecule has 0 unspecified atom stereocenters. The molecule has 0 aliphatic heterocycles. The number of para-hydroxylation sites is 1. The number of hydrogen-bond donors (Lipinski definition) is 0. The molecule has 278 valence electrons. The monoisotopic (exact) mass is 751 g/mol. The lowest BCUT2D eigenvalue weighted by Gasteiger charge is -2.41. The van der Waals surface area contributed by atoms with E-state index in [4.69, 9.17) is 0 Å². The van der Waals surface area contributed by atoms with E-state index < -0.39 is 5.41 Å². The minimum atomic E-state index is -0.420. The summed E-state index contributed by atoms with van der Waals surface area (Å²) in [6, 6.07) is 81.5. The maximum Gasteiger partial charge on any atom is 0.0719 e. The van der Waals surface area contributed by atoms with Crippen LogP contribution in [0.25, 0.3) is 33.4 Å². The highest BCUT2D eigenvalue weighted by Crippen LogP contribution is 2.60. The molecule has 0 radical (unpaired) electrons. The lowest BCUT2D eigenvalue weighted by atomic mass is 9.61. The van der Waals surface area contributed by atoms with E-state index in [9.17, 15) is 0 Å². The molecule has 3 aliphatic rings. The first-order chi connectivity index (χ1) is 29.2. The second-order valence-corrected chi connectivity index (χ2v) is 16.5. The fraction of sp³-hybridized carbons (Fsp3) is 0.0690. The Morgan fingerprint density at radius 3 is 1.32 bits per heavy atom. The van der Waals surface area contributed by atoms with Crippen LogP contribution >= 0.6 is 0 Å². The summed E-state index contributed by atoms with van der Waals surface area (Å²) in [5.41, 5.74) is 22.8. The van der Waals surface area contributed by atoms with Crippen molar-refractivity contribution < 1.29 is 0 Å². The Labute approximate surface area is 346 Å². The van der Waals surface area contributed by atoms with Gasteiger partial charge in [-0.05, 0) is 133 Å². The largest absolute Gasteiger partial charge is 0.310 e. The molecule has 0 saturated carbocycles. The number of benzene rings is 9. The molecule has 0 bridgehead atoms. The molecule has 1 nitrogen and oxygen atoms in total. The van der Waals surface area contributed by atoms with Gasteiger partial charge in [0.25, 0.3) is 0 Å². The zero-order valence-corrected chi connectivity index (χ0v) is 32.9. The topological polar surface area (TPSA) is 3.24 Å². The zero-order valence-electron chi connectivity index (χ0n) is 32.9. The van der Waals surface area contributed by atoms with Crippen LogP contribution in [0.1, 0.15) is 57.0 Å². The van der Waals surface area contributed by atoms with Gasteiger partial charge in [0.2, 0.25) is 0 Å². The summed E-state index contributed by atoms with van der Waals surface area (Å²) in [6.45, 7) is 2.41. The highest BCUT2D eigenvalue weighted by Gasteiger charge is 2.50. The first-order valence-electron chi connectivity index (χ1n) is 20.8. The molecular weight excluding hydrogens is 711 g/mol. The second-order valence-electron chi connectivity index (χ2n) is 16.5. The van der Waals surface area contributed by atoms with E-state index in [2.05, 4.69) is 230 Å². The third kappa shape index (κ3) is 4.73. The predicted octanol–water partition coefficient (Wildman–Crippen LogP) is 14.4. The second kappa shape index (κ2) is 12.9. The quantitative estimate of drug-likeness (QED) is 0.169. The molecular formula is C58H41N. The van der Waals surface area contributed by atoms with Crippen molar-refractivity contribution in [2.45, 2.75) is 24.2 Å². The molecule has 9 aromatic rings. The molecule has 59 heavy (non-hydrogen) atoms. The van der Waals surface area contributed by atoms with E-state index in [0.717, 1.165) is 23.5 Å². The Bertz CT molecular complexity index is 3010. The van der Waals surface area contributed by atoms with Gasteiger partial charge in [0.1, 0.15) is 0 Å². The molecule has 0 fully saturated rings. The molecule has 0 aromatic heterocycles. The normalized spacial score (nSPS) is 14.4. The highest BCUT2D eigenvalue weighted by molar-refractivity contribution is 5.90. The smallest absolute Gasteiger partial charge is 0.0719 e. The summed E-state index contributed by atoms with van der Waals surface area (Å²) in [6.07, 6.45) is 0.908. The van der Waals surface area contributed by atoms with Crippen molar-refractivity contribution in [2.75, 3.05) is 4.90 Å². The van der Waals surface area contributed by atoms with Crippen molar-refractivity contribution in [1.82, 2.24) is 0 Å². The fourth-order valence-corrected chi connectivity index (χ4v) is 11.1. The van der Waals surface area contributed by atoms with Crippen molar-refractivity contribution in [1.29, 1.82) is 0 Å². The van der Waals surface area contributed by atoms with Crippen LogP contribution in [0, 0.1) is 0 Å². The molecule has 9 aromatic carbocycles. The standard InChI is InChI=1S/C58H41N/c1-57(52-27-13-7-21-46(52)47-22-8-14-28-53(47)57)51-26-12-6-20-45(51)39-31-34-43(35-32-39)59(42-18-3-2-4-19-42)44-36-33-41-37-40-17-5-11-25-50(40)58(56(41)38-44)54-29-15-9-23-48(54)49-24-10-16-30-55(49)58/h2-36,38H,37H2,1H3. The summed E-state index contributed by atoms with van der Waals surface area (Å²) < 4.78 is 0. The van der Waals surface area contributed by atoms with E-state index >= 15 is 0 Å². The van der Waals surface area contributed by atoms with Gasteiger partial charge in [-0.25, -0.2) is 0 Å². The van der Waals surface area contributed by atoms with Gasteiger partial charge in [-0.3, -0.25) is 0 Å². The zero-order chi connectivity index (χ0) is 39.1. The van der Waals surface area contributed by atoms with E-state index in [1.165, 1.54) is 83.5 Å². The van der Waals surface area contributed by atoms with Crippen LogP contribution in [0.2, 0.25) is 0 Å². The van der Waals surface area contributed by atoms with Gasteiger partial charge in [0.05, 0.1) is 5.41 Å². The van der Waals surface area contributed by atoms with E-state index in [-0.39, 0.29) is 5.41 Å². The van der Waals surface area contributed by atoms with E-state index in [1.807, 2.05) is 0 Å². The van der Waals surface area contributed by atoms with Gasteiger partial charge in [0.15, 0.2) is 0 Å². The third-order valence-electron chi connectivity index (χ3n) is 13.6. The van der Waals surface area contributed by atoms with E-state index in [0.29, 0.717) is 0 Å². The van der Waals surface area contributed by atoms with Crippen LogP contribution in [0.3, 0.4) is 0 Å². The van der Waals surface area contributed by atoms with Crippen LogP contribution in [0.15, 0.2) is 218 Å². The van der Waals surface area contributed by atoms with Crippen LogP contribution in [0.4, 0.5) is 17.1 Å². The number of anilines is 3. The highest BCUT2D eigenvalue weighted by atomic mass is 15.1. The maximum atomic E-state index is 2.50. The van der Waals surface area contributed by atoms with Crippen LogP contribution in [-0.4, -0.2) is 0 Å². The average molecular weight is 752 g/mol. The number of rotatable bonds is 5. The van der Waals surface area contributed by atoms with Gasteiger partial charge in [-0.15, -0.1) is 0 Å². The molecule has 1 spiro atoms. The summed E-state index contributed by atoms with van der Waals surface area (Å²) in [5.74, 6) is 0. The Kier molecular flexibility index (Phi) is 7.40. The minimum absolute atomic E-state index is 0.284. The van der Waals surface area contributed by atoms with Gasteiger partial charge >= 0.3 is 0 Å². The Balaban J connectivity index is 1.02. The van der Waals surface area contributed by atoms with Crippen molar-refractivity contribution in [3.63, 3.8) is 0 Å². The first kappa shape index (κ1) is 33.9. The maximum absolute atomic E-state index is 2.50. The van der Waals surface area contributed by atoms with Gasteiger partial charge in [0, 0.05) is 22.5 Å². The molecule has 0 amide bonds. The summed E-state index contributed by atoms with van der Waals surface area (Å²) in [7, 11) is 0. The third-order valence-corrected chi connectivity index (χ3v) is 13.6. The molecule has 0 saturated heterocycles. The molecule has 1 heteroatoms.